The summed E-state index contributed by atoms with van der Waals surface area (Å²) in [6.45, 7) is 4.20. The molecule has 0 aliphatic carbocycles. The fourth-order valence-corrected chi connectivity index (χ4v) is 2.87. The van der Waals surface area contributed by atoms with E-state index in [-0.39, 0.29) is 6.61 Å². The van der Waals surface area contributed by atoms with Gasteiger partial charge in [0.05, 0.1) is 6.61 Å². The summed E-state index contributed by atoms with van der Waals surface area (Å²) in [5, 5.41) is 29.0. The molecule has 0 aromatic heterocycles. The maximum absolute atomic E-state index is 10.0. The number of ether oxygens (including phenoxy) is 2. The Hall–Kier alpha value is -0.240. The van der Waals surface area contributed by atoms with Gasteiger partial charge >= 0.3 is 0 Å². The van der Waals surface area contributed by atoms with Gasteiger partial charge in [0.15, 0.2) is 6.29 Å². The first-order chi connectivity index (χ1) is 10.6. The zero-order chi connectivity index (χ0) is 16.4. The highest BCUT2D eigenvalue weighted by Crippen LogP contribution is 2.22. The molecule has 0 amide bonds. The Kier molecular flexibility index (Phi) is 10.2. The Balaban J connectivity index is 2.31. The van der Waals surface area contributed by atoms with Gasteiger partial charge in [-0.05, 0) is 13.0 Å². The number of methoxy groups -OCH3 is 1. The van der Waals surface area contributed by atoms with E-state index in [1.807, 2.05) is 0 Å². The molecule has 1 saturated heterocycles. The van der Waals surface area contributed by atoms with E-state index in [2.05, 4.69) is 11.8 Å². The highest BCUT2D eigenvalue weighted by Gasteiger charge is 2.43. The Morgan fingerprint density at radius 3 is 2.27 bits per heavy atom. The highest BCUT2D eigenvalue weighted by molar-refractivity contribution is 4.88. The van der Waals surface area contributed by atoms with Crippen molar-refractivity contribution in [3.05, 3.63) is 0 Å². The molecule has 4 atom stereocenters. The van der Waals surface area contributed by atoms with Crippen LogP contribution in [0.3, 0.4) is 0 Å². The molecule has 0 spiro atoms. The summed E-state index contributed by atoms with van der Waals surface area (Å²) in [5.74, 6) is 0. The highest BCUT2D eigenvalue weighted by atomic mass is 16.7. The molecule has 0 unspecified atom stereocenters. The molecular weight excluding hydrogens is 286 g/mol. The minimum absolute atomic E-state index is 0.0783. The van der Waals surface area contributed by atoms with Crippen molar-refractivity contribution in [2.45, 2.75) is 70.1 Å². The predicted molar refractivity (Wildman–Crippen MR) is 84.6 cm³/mol. The third kappa shape index (κ3) is 6.48. The molecular formula is C16H33NO5. The van der Waals surface area contributed by atoms with Crippen LogP contribution in [0.25, 0.3) is 0 Å². The van der Waals surface area contributed by atoms with Gasteiger partial charge in [0.1, 0.15) is 18.3 Å². The van der Waals surface area contributed by atoms with Crippen LogP contribution in [0.4, 0.5) is 0 Å². The van der Waals surface area contributed by atoms with E-state index in [0.717, 1.165) is 13.0 Å². The van der Waals surface area contributed by atoms with Gasteiger partial charge in [-0.3, -0.25) is 4.90 Å². The molecule has 3 N–H and O–H groups in total. The lowest BCUT2D eigenvalue weighted by atomic mass is 10.1. The molecule has 1 fully saturated rings. The summed E-state index contributed by atoms with van der Waals surface area (Å²) in [6.07, 6.45) is 4.10. The minimum atomic E-state index is -1.01. The fraction of sp³-hybridized carbons (Fsp3) is 1.00. The second-order valence-corrected chi connectivity index (χ2v) is 6.05. The SMILES string of the molecule is CCCCCCCCN(CCO)C[C@H]1O[C@H](OC)[C@@H](O)[C@@H]1O. The first-order valence-electron chi connectivity index (χ1n) is 8.51. The molecule has 0 radical (unpaired) electrons. The van der Waals surface area contributed by atoms with Gasteiger partial charge in [0.25, 0.3) is 0 Å². The van der Waals surface area contributed by atoms with Crippen LogP contribution in [-0.4, -0.2) is 78.2 Å². The van der Waals surface area contributed by atoms with Gasteiger partial charge in [-0.25, -0.2) is 0 Å². The Labute approximate surface area is 134 Å². The minimum Gasteiger partial charge on any atom is -0.395 e. The van der Waals surface area contributed by atoms with Crippen LogP contribution in [0.1, 0.15) is 45.4 Å². The van der Waals surface area contributed by atoms with Crippen LogP contribution in [0.5, 0.6) is 0 Å². The van der Waals surface area contributed by atoms with Gasteiger partial charge < -0.3 is 24.8 Å². The lowest BCUT2D eigenvalue weighted by Crippen LogP contribution is -2.41. The van der Waals surface area contributed by atoms with Crippen molar-refractivity contribution in [3.63, 3.8) is 0 Å². The standard InChI is InChI=1S/C16H33NO5/c1-3-4-5-6-7-8-9-17(10-11-18)12-13-14(19)15(20)16(21-2)22-13/h13-16,18-20H,3-12H2,1-2H3/t13-,14-,15+,16+/m1/s1. The molecule has 1 aliphatic rings. The summed E-state index contributed by atoms with van der Waals surface area (Å²) >= 11 is 0. The maximum atomic E-state index is 10.0. The van der Waals surface area contributed by atoms with E-state index >= 15 is 0 Å². The largest absolute Gasteiger partial charge is 0.395 e. The molecule has 1 aliphatic heterocycles. The molecule has 0 aromatic rings. The molecule has 22 heavy (non-hydrogen) atoms. The lowest BCUT2D eigenvalue weighted by molar-refractivity contribution is -0.150. The number of nitrogens with zero attached hydrogens (tertiary/aromatic N) is 1. The lowest BCUT2D eigenvalue weighted by Gasteiger charge is -2.25. The third-order valence-electron chi connectivity index (χ3n) is 4.23. The second-order valence-electron chi connectivity index (χ2n) is 6.05. The van der Waals surface area contributed by atoms with Crippen LogP contribution in [-0.2, 0) is 9.47 Å². The average Bonchev–Trinajstić information content (AvgIpc) is 2.78. The van der Waals surface area contributed by atoms with Crippen molar-refractivity contribution < 1.29 is 24.8 Å². The molecule has 1 heterocycles. The van der Waals surface area contributed by atoms with Crippen molar-refractivity contribution in [2.24, 2.45) is 0 Å². The van der Waals surface area contributed by atoms with Crippen molar-refractivity contribution in [1.82, 2.24) is 4.90 Å². The van der Waals surface area contributed by atoms with Gasteiger partial charge in [0.2, 0.25) is 0 Å². The van der Waals surface area contributed by atoms with Gasteiger partial charge in [-0.1, -0.05) is 39.0 Å². The normalized spacial score (nSPS) is 28.6. The fourth-order valence-electron chi connectivity index (χ4n) is 2.87. The zero-order valence-corrected chi connectivity index (χ0v) is 14.0. The first-order valence-corrected chi connectivity index (χ1v) is 8.51. The molecule has 132 valence electrons. The van der Waals surface area contributed by atoms with Crippen LogP contribution < -0.4 is 0 Å². The van der Waals surface area contributed by atoms with Gasteiger partial charge in [-0.15, -0.1) is 0 Å². The summed E-state index contributed by atoms with van der Waals surface area (Å²) in [6, 6.07) is 0. The molecule has 1 rings (SSSR count). The van der Waals surface area contributed by atoms with Gasteiger partial charge in [-0.2, -0.15) is 0 Å². The van der Waals surface area contributed by atoms with Gasteiger partial charge in [0, 0.05) is 20.2 Å². The predicted octanol–water partition coefficient (Wildman–Crippen LogP) is 0.734. The molecule has 6 heteroatoms. The number of unbranched alkanes of at least 4 members (excludes halogenated alkanes) is 5. The topological polar surface area (TPSA) is 82.4 Å². The van der Waals surface area contributed by atoms with Crippen molar-refractivity contribution in [3.8, 4) is 0 Å². The molecule has 0 saturated carbocycles. The number of rotatable bonds is 12. The van der Waals surface area contributed by atoms with E-state index in [4.69, 9.17) is 9.47 Å². The summed E-state index contributed by atoms with van der Waals surface area (Å²) in [5.41, 5.74) is 0. The molecule has 0 bridgehead atoms. The first kappa shape index (κ1) is 19.8. The smallest absolute Gasteiger partial charge is 0.186 e. The molecule has 6 nitrogen and oxygen atoms in total. The Morgan fingerprint density at radius 1 is 1.00 bits per heavy atom. The van der Waals surface area contributed by atoms with Crippen molar-refractivity contribution in [2.75, 3.05) is 33.4 Å². The van der Waals surface area contributed by atoms with E-state index in [1.165, 1.54) is 39.2 Å². The van der Waals surface area contributed by atoms with Crippen molar-refractivity contribution >= 4 is 0 Å². The Bertz CT molecular complexity index is 279. The summed E-state index contributed by atoms with van der Waals surface area (Å²) < 4.78 is 10.5. The van der Waals surface area contributed by atoms with Crippen LogP contribution in [0, 0.1) is 0 Å². The second kappa shape index (κ2) is 11.3. The van der Waals surface area contributed by atoms with Crippen LogP contribution >= 0.6 is 0 Å². The van der Waals surface area contributed by atoms with Crippen LogP contribution in [0.2, 0.25) is 0 Å². The van der Waals surface area contributed by atoms with E-state index < -0.39 is 24.6 Å². The number of aliphatic hydroxyl groups is 3. The molecule has 0 aromatic carbocycles. The van der Waals surface area contributed by atoms with Crippen LogP contribution in [0.15, 0.2) is 0 Å². The number of hydrogen-bond donors (Lipinski definition) is 3. The average molecular weight is 319 g/mol. The third-order valence-corrected chi connectivity index (χ3v) is 4.23. The quantitative estimate of drug-likeness (QED) is 0.460. The summed E-state index contributed by atoms with van der Waals surface area (Å²) in [7, 11) is 1.45. The zero-order valence-electron chi connectivity index (χ0n) is 14.0. The van der Waals surface area contributed by atoms with E-state index in [9.17, 15) is 15.3 Å². The Morgan fingerprint density at radius 2 is 1.68 bits per heavy atom. The summed E-state index contributed by atoms with van der Waals surface area (Å²) in [4.78, 5) is 2.08. The number of hydrogen-bond acceptors (Lipinski definition) is 6. The van der Waals surface area contributed by atoms with Crippen molar-refractivity contribution in [1.29, 1.82) is 0 Å². The van der Waals surface area contributed by atoms with E-state index in [0.29, 0.717) is 13.1 Å². The number of aliphatic hydroxyl groups excluding tert-OH is 3. The maximum Gasteiger partial charge on any atom is 0.186 e. The monoisotopic (exact) mass is 319 g/mol. The van der Waals surface area contributed by atoms with E-state index in [1.54, 1.807) is 0 Å².